The zero-order valence-corrected chi connectivity index (χ0v) is 12.8. The van der Waals surface area contributed by atoms with Crippen LogP contribution in [0.15, 0.2) is 0 Å². The topological polar surface area (TPSA) is 61.6 Å². The molecule has 2 saturated heterocycles. The standard InChI is InChI=1S/C15H28N4O/c1-11-8-18-7-3-4-13(18)9-19(11)10-15(17-2,14(16)20)12-5-6-12/h11-13,17H,3-10H2,1-2H3,(H2,16,20). The van der Waals surface area contributed by atoms with Crippen LogP contribution in [-0.2, 0) is 4.79 Å². The van der Waals surface area contributed by atoms with Crippen LogP contribution in [0.25, 0.3) is 0 Å². The minimum atomic E-state index is -0.519. The lowest BCUT2D eigenvalue weighted by atomic mass is 9.90. The van der Waals surface area contributed by atoms with Crippen LogP contribution in [0.3, 0.4) is 0 Å². The van der Waals surface area contributed by atoms with Gasteiger partial charge in [-0.3, -0.25) is 14.6 Å². The molecule has 3 fully saturated rings. The number of hydrogen-bond donors (Lipinski definition) is 2. The van der Waals surface area contributed by atoms with E-state index in [2.05, 4.69) is 22.0 Å². The number of hydrogen-bond acceptors (Lipinski definition) is 4. The van der Waals surface area contributed by atoms with Crippen LogP contribution in [-0.4, -0.2) is 66.6 Å². The molecule has 0 aromatic carbocycles. The second kappa shape index (κ2) is 5.28. The van der Waals surface area contributed by atoms with Crippen molar-refractivity contribution >= 4 is 5.91 Å². The quantitative estimate of drug-likeness (QED) is 0.745. The van der Waals surface area contributed by atoms with Crippen LogP contribution >= 0.6 is 0 Å². The van der Waals surface area contributed by atoms with Gasteiger partial charge in [-0.1, -0.05) is 0 Å². The van der Waals surface area contributed by atoms with Crippen LogP contribution in [0.5, 0.6) is 0 Å². The zero-order chi connectivity index (χ0) is 14.3. The molecule has 3 unspecified atom stereocenters. The van der Waals surface area contributed by atoms with E-state index >= 15 is 0 Å². The van der Waals surface area contributed by atoms with Crippen LogP contribution < -0.4 is 11.1 Å². The fourth-order valence-electron chi connectivity index (χ4n) is 4.18. The summed E-state index contributed by atoms with van der Waals surface area (Å²) in [5.41, 5.74) is 5.24. The lowest BCUT2D eigenvalue weighted by molar-refractivity contribution is -0.126. The molecule has 20 heavy (non-hydrogen) atoms. The summed E-state index contributed by atoms with van der Waals surface area (Å²) in [7, 11) is 1.89. The molecule has 2 aliphatic heterocycles. The third kappa shape index (κ3) is 2.36. The number of carbonyl (C=O) groups is 1. The van der Waals surface area contributed by atoms with Crippen molar-refractivity contribution in [2.75, 3.05) is 33.2 Å². The maximum atomic E-state index is 12.1. The average Bonchev–Trinajstić information content (AvgIpc) is 3.16. The molecule has 3 atom stereocenters. The Hall–Kier alpha value is -0.650. The van der Waals surface area contributed by atoms with E-state index < -0.39 is 5.54 Å². The Labute approximate surface area is 121 Å². The van der Waals surface area contributed by atoms with Gasteiger partial charge in [0.2, 0.25) is 5.91 Å². The van der Waals surface area contributed by atoms with E-state index in [4.69, 9.17) is 5.73 Å². The first-order chi connectivity index (χ1) is 9.56. The Kier molecular flexibility index (Phi) is 3.77. The summed E-state index contributed by atoms with van der Waals surface area (Å²) in [4.78, 5) is 17.2. The summed E-state index contributed by atoms with van der Waals surface area (Å²) >= 11 is 0. The number of fused-ring (bicyclic) bond motifs is 1. The Balaban J connectivity index is 1.73. The first kappa shape index (κ1) is 14.3. The number of likely N-dealkylation sites (N-methyl/N-ethyl adjacent to an activating group) is 1. The van der Waals surface area contributed by atoms with Crippen LogP contribution in [0, 0.1) is 5.92 Å². The molecule has 3 aliphatic rings. The summed E-state index contributed by atoms with van der Waals surface area (Å²) in [5.74, 6) is 0.252. The van der Waals surface area contributed by atoms with E-state index in [0.717, 1.165) is 32.5 Å². The van der Waals surface area contributed by atoms with Crippen molar-refractivity contribution in [1.29, 1.82) is 0 Å². The molecule has 114 valence electrons. The Morgan fingerprint density at radius 2 is 2.10 bits per heavy atom. The second-order valence-electron chi connectivity index (χ2n) is 6.93. The monoisotopic (exact) mass is 280 g/mol. The van der Waals surface area contributed by atoms with Crippen molar-refractivity contribution in [2.45, 2.75) is 50.2 Å². The number of nitrogens with zero attached hydrogens (tertiary/aromatic N) is 2. The van der Waals surface area contributed by atoms with Gasteiger partial charge in [0.15, 0.2) is 0 Å². The third-order valence-corrected chi connectivity index (χ3v) is 5.68. The number of rotatable bonds is 5. The lowest BCUT2D eigenvalue weighted by Crippen LogP contribution is -2.66. The van der Waals surface area contributed by atoms with Crippen molar-refractivity contribution in [3.05, 3.63) is 0 Å². The fourth-order valence-corrected chi connectivity index (χ4v) is 4.18. The number of nitrogens with one attached hydrogen (secondary N) is 1. The van der Waals surface area contributed by atoms with Crippen LogP contribution in [0.2, 0.25) is 0 Å². The van der Waals surface area contributed by atoms with Gasteiger partial charge in [0.25, 0.3) is 0 Å². The van der Waals surface area contributed by atoms with Crippen LogP contribution in [0.4, 0.5) is 0 Å². The van der Waals surface area contributed by atoms with Gasteiger partial charge in [0.1, 0.15) is 5.54 Å². The Bertz CT molecular complexity index is 384. The summed E-state index contributed by atoms with van der Waals surface area (Å²) < 4.78 is 0. The first-order valence-corrected chi connectivity index (χ1v) is 8.03. The van der Waals surface area contributed by atoms with Gasteiger partial charge in [-0.15, -0.1) is 0 Å². The van der Waals surface area contributed by atoms with E-state index in [1.165, 1.54) is 19.4 Å². The van der Waals surface area contributed by atoms with Crippen molar-refractivity contribution in [2.24, 2.45) is 11.7 Å². The molecule has 0 spiro atoms. The molecule has 1 amide bonds. The average molecular weight is 280 g/mol. The first-order valence-electron chi connectivity index (χ1n) is 8.03. The molecular formula is C15H28N4O. The van der Waals surface area contributed by atoms with E-state index in [0.29, 0.717) is 18.0 Å². The van der Waals surface area contributed by atoms with Gasteiger partial charge < -0.3 is 11.1 Å². The third-order valence-electron chi connectivity index (χ3n) is 5.68. The Morgan fingerprint density at radius 1 is 1.35 bits per heavy atom. The zero-order valence-electron chi connectivity index (χ0n) is 12.8. The van der Waals surface area contributed by atoms with Crippen molar-refractivity contribution < 1.29 is 4.79 Å². The largest absolute Gasteiger partial charge is 0.368 e. The van der Waals surface area contributed by atoms with E-state index in [1.807, 2.05) is 7.05 Å². The van der Waals surface area contributed by atoms with Gasteiger partial charge in [-0.05, 0) is 52.1 Å². The van der Waals surface area contributed by atoms with Gasteiger partial charge in [-0.25, -0.2) is 0 Å². The SMILES string of the molecule is CNC(CN1CC2CCCN2CC1C)(C(N)=O)C1CC1. The molecule has 0 aromatic heterocycles. The van der Waals surface area contributed by atoms with Gasteiger partial charge in [0, 0.05) is 31.7 Å². The van der Waals surface area contributed by atoms with E-state index in [1.54, 1.807) is 0 Å². The Morgan fingerprint density at radius 3 is 2.70 bits per heavy atom. The van der Waals surface area contributed by atoms with Gasteiger partial charge >= 0.3 is 0 Å². The highest BCUT2D eigenvalue weighted by Crippen LogP contribution is 2.40. The maximum absolute atomic E-state index is 12.1. The minimum absolute atomic E-state index is 0.177. The fraction of sp³-hybridized carbons (Fsp3) is 0.933. The smallest absolute Gasteiger partial charge is 0.239 e. The summed E-state index contributed by atoms with van der Waals surface area (Å²) in [5, 5.41) is 3.27. The van der Waals surface area contributed by atoms with E-state index in [9.17, 15) is 4.79 Å². The predicted molar refractivity (Wildman–Crippen MR) is 79.3 cm³/mol. The minimum Gasteiger partial charge on any atom is -0.368 e. The highest BCUT2D eigenvalue weighted by Gasteiger charge is 2.51. The number of carbonyl (C=O) groups excluding carboxylic acids is 1. The highest BCUT2D eigenvalue weighted by atomic mass is 16.1. The van der Waals surface area contributed by atoms with Gasteiger partial charge in [-0.2, -0.15) is 0 Å². The van der Waals surface area contributed by atoms with Crippen molar-refractivity contribution in [3.8, 4) is 0 Å². The summed E-state index contributed by atoms with van der Waals surface area (Å²) in [6.45, 7) is 6.52. The second-order valence-corrected chi connectivity index (χ2v) is 6.93. The molecule has 3 N–H and O–H groups in total. The van der Waals surface area contributed by atoms with Gasteiger partial charge in [0.05, 0.1) is 0 Å². The summed E-state index contributed by atoms with van der Waals surface area (Å²) in [6.07, 6.45) is 4.87. The number of primary amides is 1. The molecule has 0 aromatic rings. The molecule has 1 aliphatic carbocycles. The molecule has 1 saturated carbocycles. The number of nitrogens with two attached hydrogens (primary N) is 1. The predicted octanol–water partition coefficient (Wildman–Crippen LogP) is 0.00840. The molecule has 5 nitrogen and oxygen atoms in total. The van der Waals surface area contributed by atoms with E-state index in [-0.39, 0.29) is 5.91 Å². The number of amides is 1. The number of piperazine rings is 1. The molecule has 0 radical (unpaired) electrons. The van der Waals surface area contributed by atoms with Crippen molar-refractivity contribution in [3.63, 3.8) is 0 Å². The molecule has 5 heteroatoms. The maximum Gasteiger partial charge on any atom is 0.239 e. The molecular weight excluding hydrogens is 252 g/mol. The highest BCUT2D eigenvalue weighted by molar-refractivity contribution is 5.86. The molecule has 3 rings (SSSR count). The normalized spacial score (nSPS) is 34.7. The summed E-state index contributed by atoms with van der Waals surface area (Å²) in [6, 6.07) is 1.20. The lowest BCUT2D eigenvalue weighted by Gasteiger charge is -2.46. The molecule has 0 bridgehead atoms. The van der Waals surface area contributed by atoms with Crippen LogP contribution in [0.1, 0.15) is 32.6 Å². The van der Waals surface area contributed by atoms with Crippen molar-refractivity contribution in [1.82, 2.24) is 15.1 Å². The molecule has 2 heterocycles.